The predicted octanol–water partition coefficient (Wildman–Crippen LogP) is 2.51. The number of rotatable bonds is 5. The van der Waals surface area contributed by atoms with Crippen LogP contribution in [0.5, 0.6) is 0 Å². The van der Waals surface area contributed by atoms with E-state index in [2.05, 4.69) is 15.3 Å². The van der Waals surface area contributed by atoms with E-state index in [4.69, 9.17) is 4.74 Å². The monoisotopic (exact) mass is 314 g/mol. The van der Waals surface area contributed by atoms with Crippen LogP contribution in [0.3, 0.4) is 0 Å². The van der Waals surface area contributed by atoms with Crippen molar-refractivity contribution < 1.29 is 13.9 Å². The summed E-state index contributed by atoms with van der Waals surface area (Å²) in [6.07, 6.45) is 3.34. The van der Waals surface area contributed by atoms with Gasteiger partial charge in [0, 0.05) is 18.0 Å². The average Bonchev–Trinajstić information content (AvgIpc) is 2.92. The quantitative estimate of drug-likeness (QED) is 0.733. The molecule has 0 aliphatic carbocycles. The van der Waals surface area contributed by atoms with Gasteiger partial charge < -0.3 is 10.1 Å². The Kier molecular flexibility index (Phi) is 4.18. The van der Waals surface area contributed by atoms with Crippen LogP contribution in [-0.4, -0.2) is 33.5 Å². The second-order valence-corrected chi connectivity index (χ2v) is 4.74. The molecule has 3 aromatic rings. The van der Waals surface area contributed by atoms with Gasteiger partial charge in [-0.25, -0.2) is 14.4 Å². The van der Waals surface area contributed by atoms with Crippen LogP contribution < -0.4 is 5.32 Å². The number of carbonyl (C=O) groups is 1. The normalized spacial score (nSPS) is 10.7. The fraction of sp³-hybridized carbons (Fsp3) is 0.188. The number of hydrogen-bond donors (Lipinski definition) is 1. The Balaban J connectivity index is 2.05. The number of nitrogens with zero attached hydrogens (tertiary/aromatic N) is 3. The van der Waals surface area contributed by atoms with Crippen molar-refractivity contribution in [2.75, 3.05) is 18.5 Å². The fourth-order valence-electron chi connectivity index (χ4n) is 2.27. The molecule has 0 radical (unpaired) electrons. The first-order chi connectivity index (χ1) is 11.2. The number of imidazole rings is 1. The molecule has 0 aliphatic rings. The molecular formula is C16H15FN4O2. The van der Waals surface area contributed by atoms with Gasteiger partial charge in [0.25, 0.3) is 0 Å². The summed E-state index contributed by atoms with van der Waals surface area (Å²) in [6, 6.07) is 8.06. The lowest BCUT2D eigenvalue weighted by atomic mass is 10.1. The van der Waals surface area contributed by atoms with Crippen molar-refractivity contribution in [1.82, 2.24) is 14.4 Å². The third-order valence-electron chi connectivity index (χ3n) is 3.24. The zero-order chi connectivity index (χ0) is 16.2. The highest BCUT2D eigenvalue weighted by atomic mass is 19.1. The number of ether oxygens (including phenoxy) is 1. The van der Waals surface area contributed by atoms with Gasteiger partial charge in [-0.2, -0.15) is 0 Å². The Morgan fingerprint density at radius 1 is 1.35 bits per heavy atom. The Morgan fingerprint density at radius 3 is 2.96 bits per heavy atom. The van der Waals surface area contributed by atoms with Gasteiger partial charge in [0.15, 0.2) is 0 Å². The van der Waals surface area contributed by atoms with Crippen LogP contribution >= 0.6 is 0 Å². The van der Waals surface area contributed by atoms with Crippen LogP contribution in [0.15, 0.2) is 42.7 Å². The first-order valence-corrected chi connectivity index (χ1v) is 7.18. The third-order valence-corrected chi connectivity index (χ3v) is 3.24. The van der Waals surface area contributed by atoms with Crippen molar-refractivity contribution in [3.63, 3.8) is 0 Å². The number of hydrogen-bond acceptors (Lipinski definition) is 5. The number of esters is 1. The number of nitrogens with one attached hydrogen (secondary N) is 1. The standard InChI is InChI=1S/C16H15FN4O2/c1-2-23-13(22)10-19-15-14(11-6-3-4-7-12(11)17)20-16-18-8-5-9-21(15)16/h3-9,19H,2,10H2,1H3. The van der Waals surface area contributed by atoms with Gasteiger partial charge in [0.05, 0.1) is 6.61 Å². The van der Waals surface area contributed by atoms with E-state index in [1.54, 1.807) is 48.0 Å². The summed E-state index contributed by atoms with van der Waals surface area (Å²) in [7, 11) is 0. The molecule has 0 fully saturated rings. The SMILES string of the molecule is CCOC(=O)CNc1c(-c2ccccc2F)nc2ncccn12. The summed E-state index contributed by atoms with van der Waals surface area (Å²) < 4.78 is 20.7. The van der Waals surface area contributed by atoms with Gasteiger partial charge in [-0.15, -0.1) is 0 Å². The van der Waals surface area contributed by atoms with E-state index in [-0.39, 0.29) is 6.54 Å². The van der Waals surface area contributed by atoms with Crippen molar-refractivity contribution in [2.24, 2.45) is 0 Å². The number of halogens is 1. The lowest BCUT2D eigenvalue weighted by molar-refractivity contribution is -0.140. The van der Waals surface area contributed by atoms with Crippen LogP contribution in [0.2, 0.25) is 0 Å². The summed E-state index contributed by atoms with van der Waals surface area (Å²) in [5, 5.41) is 2.97. The Hall–Kier alpha value is -2.96. The van der Waals surface area contributed by atoms with Gasteiger partial charge >= 0.3 is 5.97 Å². The van der Waals surface area contributed by atoms with E-state index in [0.717, 1.165) is 0 Å². The highest BCUT2D eigenvalue weighted by Gasteiger charge is 2.18. The average molecular weight is 314 g/mol. The molecule has 0 aliphatic heterocycles. The number of benzene rings is 1. The van der Waals surface area contributed by atoms with Crippen molar-refractivity contribution in [1.29, 1.82) is 0 Å². The topological polar surface area (TPSA) is 68.5 Å². The van der Waals surface area contributed by atoms with Gasteiger partial charge in [-0.3, -0.25) is 9.20 Å². The maximum atomic E-state index is 14.1. The predicted molar refractivity (Wildman–Crippen MR) is 83.5 cm³/mol. The van der Waals surface area contributed by atoms with Crippen molar-refractivity contribution in [3.8, 4) is 11.3 Å². The molecule has 1 N–H and O–H groups in total. The molecule has 0 amide bonds. The fourth-order valence-corrected chi connectivity index (χ4v) is 2.27. The summed E-state index contributed by atoms with van der Waals surface area (Å²) in [4.78, 5) is 20.1. The lowest BCUT2D eigenvalue weighted by Gasteiger charge is -2.08. The largest absolute Gasteiger partial charge is 0.465 e. The zero-order valence-electron chi connectivity index (χ0n) is 12.5. The van der Waals surface area contributed by atoms with Crippen molar-refractivity contribution in [3.05, 3.63) is 48.5 Å². The van der Waals surface area contributed by atoms with Crippen LogP contribution in [-0.2, 0) is 9.53 Å². The molecule has 0 saturated carbocycles. The van der Waals surface area contributed by atoms with E-state index in [0.29, 0.717) is 29.5 Å². The zero-order valence-corrected chi connectivity index (χ0v) is 12.5. The minimum atomic E-state index is -0.397. The van der Waals surface area contributed by atoms with Gasteiger partial charge in [-0.1, -0.05) is 12.1 Å². The van der Waals surface area contributed by atoms with Crippen molar-refractivity contribution >= 4 is 17.6 Å². The van der Waals surface area contributed by atoms with E-state index in [1.165, 1.54) is 6.07 Å². The maximum absolute atomic E-state index is 14.1. The van der Waals surface area contributed by atoms with E-state index in [9.17, 15) is 9.18 Å². The minimum absolute atomic E-state index is 0.0437. The summed E-state index contributed by atoms with van der Waals surface area (Å²) in [6.45, 7) is 1.99. The molecule has 0 atom stereocenters. The molecule has 118 valence electrons. The second-order valence-electron chi connectivity index (χ2n) is 4.74. The van der Waals surface area contributed by atoms with Crippen LogP contribution in [0.1, 0.15) is 6.92 Å². The van der Waals surface area contributed by atoms with Gasteiger partial charge in [0.1, 0.15) is 23.9 Å². The molecule has 3 rings (SSSR count). The van der Waals surface area contributed by atoms with Crippen LogP contribution in [0.25, 0.3) is 17.0 Å². The molecule has 23 heavy (non-hydrogen) atoms. The lowest BCUT2D eigenvalue weighted by Crippen LogP contribution is -2.18. The Bertz CT molecular complexity index is 847. The van der Waals surface area contributed by atoms with E-state index < -0.39 is 11.8 Å². The molecule has 2 heterocycles. The van der Waals surface area contributed by atoms with E-state index in [1.807, 2.05) is 0 Å². The second kappa shape index (κ2) is 6.43. The molecule has 2 aromatic heterocycles. The summed E-state index contributed by atoms with van der Waals surface area (Å²) >= 11 is 0. The summed E-state index contributed by atoms with van der Waals surface area (Å²) in [5.74, 6) is 0.115. The molecule has 0 saturated heterocycles. The highest BCUT2D eigenvalue weighted by molar-refractivity contribution is 5.80. The molecule has 6 nitrogen and oxygen atoms in total. The first-order valence-electron chi connectivity index (χ1n) is 7.18. The molecule has 0 unspecified atom stereocenters. The van der Waals surface area contributed by atoms with Crippen LogP contribution in [0, 0.1) is 5.82 Å². The Labute approximate surface area is 131 Å². The van der Waals surface area contributed by atoms with Crippen molar-refractivity contribution in [2.45, 2.75) is 6.92 Å². The smallest absolute Gasteiger partial charge is 0.325 e. The Morgan fingerprint density at radius 2 is 2.17 bits per heavy atom. The maximum Gasteiger partial charge on any atom is 0.325 e. The van der Waals surface area contributed by atoms with Gasteiger partial charge in [0.2, 0.25) is 5.78 Å². The molecular weight excluding hydrogens is 299 g/mol. The summed E-state index contributed by atoms with van der Waals surface area (Å²) in [5.41, 5.74) is 0.732. The molecule has 0 spiro atoms. The van der Waals surface area contributed by atoms with E-state index >= 15 is 0 Å². The molecule has 7 heteroatoms. The first kappa shape index (κ1) is 15.0. The third kappa shape index (κ3) is 2.98. The number of fused-ring (bicyclic) bond motifs is 1. The van der Waals surface area contributed by atoms with Gasteiger partial charge in [-0.05, 0) is 25.1 Å². The number of anilines is 1. The number of carbonyl (C=O) groups excluding carboxylic acids is 1. The minimum Gasteiger partial charge on any atom is -0.465 e. The molecule has 1 aromatic carbocycles. The highest BCUT2D eigenvalue weighted by Crippen LogP contribution is 2.29. The number of aromatic nitrogens is 3. The van der Waals surface area contributed by atoms with Crippen LogP contribution in [0.4, 0.5) is 10.2 Å². The molecule has 0 bridgehead atoms.